The van der Waals surface area contributed by atoms with E-state index >= 15 is 0 Å². The maximum absolute atomic E-state index is 13.2. The van der Waals surface area contributed by atoms with E-state index in [1.54, 1.807) is 0 Å². The monoisotopic (exact) mass is 248 g/mol. The predicted molar refractivity (Wildman–Crippen MR) is 56.9 cm³/mol. The molecule has 0 unspecified atom stereocenters. The van der Waals surface area contributed by atoms with Gasteiger partial charge in [0, 0.05) is 5.56 Å². The maximum Gasteiger partial charge on any atom is 0.252 e. The zero-order valence-electron chi connectivity index (χ0n) is 8.73. The van der Waals surface area contributed by atoms with Crippen LogP contribution in [-0.2, 0) is 0 Å². The van der Waals surface area contributed by atoms with E-state index in [-0.39, 0.29) is 17.9 Å². The van der Waals surface area contributed by atoms with E-state index in [1.807, 2.05) is 6.92 Å². The van der Waals surface area contributed by atoms with Crippen LogP contribution in [0.1, 0.15) is 30.1 Å². The van der Waals surface area contributed by atoms with Crippen LogP contribution < -0.4 is 4.74 Å². The highest BCUT2D eigenvalue weighted by molar-refractivity contribution is 6.67. The third-order valence-electron chi connectivity index (χ3n) is 1.98. The molecule has 0 amide bonds. The normalized spacial score (nSPS) is 10.2. The van der Waals surface area contributed by atoms with E-state index in [2.05, 4.69) is 0 Å². The van der Waals surface area contributed by atoms with Crippen LogP contribution in [0.4, 0.5) is 8.78 Å². The van der Waals surface area contributed by atoms with Crippen molar-refractivity contribution < 1.29 is 18.3 Å². The van der Waals surface area contributed by atoms with Crippen molar-refractivity contribution in [2.45, 2.75) is 19.8 Å². The van der Waals surface area contributed by atoms with Gasteiger partial charge in [0.05, 0.1) is 6.61 Å². The van der Waals surface area contributed by atoms with Gasteiger partial charge in [-0.3, -0.25) is 4.79 Å². The van der Waals surface area contributed by atoms with Crippen molar-refractivity contribution in [3.63, 3.8) is 0 Å². The smallest absolute Gasteiger partial charge is 0.252 e. The van der Waals surface area contributed by atoms with Gasteiger partial charge >= 0.3 is 0 Å². The summed E-state index contributed by atoms with van der Waals surface area (Å²) >= 11 is 5.18. The number of unbranched alkanes of at least 4 members (excludes halogenated alkanes) is 1. The molecule has 0 aliphatic heterocycles. The highest BCUT2D eigenvalue weighted by atomic mass is 35.5. The number of carbonyl (C=O) groups is 1. The van der Waals surface area contributed by atoms with Gasteiger partial charge in [0.25, 0.3) is 5.24 Å². The minimum atomic E-state index is -1.14. The highest BCUT2D eigenvalue weighted by Crippen LogP contribution is 2.23. The Labute approximate surface area is 97.2 Å². The van der Waals surface area contributed by atoms with Crippen molar-refractivity contribution in [2.24, 2.45) is 0 Å². The van der Waals surface area contributed by atoms with Crippen molar-refractivity contribution in [1.82, 2.24) is 0 Å². The van der Waals surface area contributed by atoms with E-state index < -0.39 is 16.9 Å². The molecule has 0 bridgehead atoms. The van der Waals surface area contributed by atoms with Crippen LogP contribution in [-0.4, -0.2) is 11.8 Å². The van der Waals surface area contributed by atoms with Crippen LogP contribution in [0.25, 0.3) is 0 Å². The lowest BCUT2D eigenvalue weighted by atomic mass is 10.2. The zero-order valence-corrected chi connectivity index (χ0v) is 9.48. The number of benzene rings is 1. The minimum Gasteiger partial charge on any atom is -0.490 e. The summed E-state index contributed by atoms with van der Waals surface area (Å²) in [6, 6.07) is 1.85. The van der Waals surface area contributed by atoms with Gasteiger partial charge in [-0.25, -0.2) is 4.39 Å². The largest absolute Gasteiger partial charge is 0.490 e. The summed E-state index contributed by atoms with van der Waals surface area (Å²) in [5.41, 5.74) is -0.118. The van der Waals surface area contributed by atoms with Crippen LogP contribution in [0.15, 0.2) is 12.1 Å². The summed E-state index contributed by atoms with van der Waals surface area (Å²) in [4.78, 5) is 10.8. The summed E-state index contributed by atoms with van der Waals surface area (Å²) in [6.45, 7) is 2.21. The van der Waals surface area contributed by atoms with Crippen molar-refractivity contribution >= 4 is 16.8 Å². The minimum absolute atomic E-state index is 0.118. The van der Waals surface area contributed by atoms with Gasteiger partial charge in [-0.2, -0.15) is 4.39 Å². The fraction of sp³-hybridized carbons (Fsp3) is 0.364. The first-order valence-electron chi connectivity index (χ1n) is 4.88. The number of ether oxygens (including phenoxy) is 1. The molecule has 0 heterocycles. The van der Waals surface area contributed by atoms with Crippen LogP contribution >= 0.6 is 11.6 Å². The standard InChI is InChI=1S/C11H11ClF2O2/c1-2-3-4-16-9-6-7(11(12)15)5-8(13)10(9)14/h5-6H,2-4H2,1H3. The molecule has 5 heteroatoms. The summed E-state index contributed by atoms with van der Waals surface area (Å²) in [5.74, 6) is -2.52. The number of hydrogen-bond acceptors (Lipinski definition) is 2. The Morgan fingerprint density at radius 3 is 2.69 bits per heavy atom. The number of halogens is 3. The predicted octanol–water partition coefficient (Wildman–Crippen LogP) is 3.52. The first-order chi connectivity index (χ1) is 7.56. The average Bonchev–Trinajstić information content (AvgIpc) is 2.24. The number of carbonyl (C=O) groups excluding carboxylic acids is 1. The molecule has 0 saturated carbocycles. The van der Waals surface area contributed by atoms with Crippen LogP contribution in [0.2, 0.25) is 0 Å². The molecular formula is C11H11ClF2O2. The molecule has 0 aliphatic rings. The molecule has 16 heavy (non-hydrogen) atoms. The molecule has 0 aromatic heterocycles. The lowest BCUT2D eigenvalue weighted by Crippen LogP contribution is -2.02. The highest BCUT2D eigenvalue weighted by Gasteiger charge is 2.14. The van der Waals surface area contributed by atoms with Crippen LogP contribution in [0.3, 0.4) is 0 Å². The van der Waals surface area contributed by atoms with E-state index in [9.17, 15) is 13.6 Å². The summed E-state index contributed by atoms with van der Waals surface area (Å²) in [5, 5.41) is -0.848. The van der Waals surface area contributed by atoms with Gasteiger partial charge in [0.1, 0.15) is 0 Å². The van der Waals surface area contributed by atoms with E-state index in [0.29, 0.717) is 0 Å². The van der Waals surface area contributed by atoms with Crippen molar-refractivity contribution in [2.75, 3.05) is 6.61 Å². The van der Waals surface area contributed by atoms with Gasteiger partial charge in [0.15, 0.2) is 11.6 Å². The Morgan fingerprint density at radius 2 is 2.12 bits per heavy atom. The third kappa shape index (κ3) is 3.17. The molecule has 88 valence electrons. The Kier molecular flexibility index (Phi) is 4.68. The summed E-state index contributed by atoms with van der Waals surface area (Å²) in [6.07, 6.45) is 1.60. The molecule has 1 aromatic carbocycles. The van der Waals surface area contributed by atoms with Crippen LogP contribution in [0, 0.1) is 11.6 Å². The molecule has 0 N–H and O–H groups in total. The molecule has 2 nitrogen and oxygen atoms in total. The fourth-order valence-corrected chi connectivity index (χ4v) is 1.22. The van der Waals surface area contributed by atoms with Gasteiger partial charge in [-0.1, -0.05) is 13.3 Å². The maximum atomic E-state index is 13.2. The second kappa shape index (κ2) is 5.80. The first kappa shape index (κ1) is 12.9. The molecule has 1 aromatic rings. The topological polar surface area (TPSA) is 26.3 Å². The Bertz CT molecular complexity index is 394. The van der Waals surface area contributed by atoms with Gasteiger partial charge in [-0.05, 0) is 30.2 Å². The second-order valence-electron chi connectivity index (χ2n) is 3.25. The quantitative estimate of drug-likeness (QED) is 0.589. The molecule has 0 fully saturated rings. The zero-order chi connectivity index (χ0) is 12.1. The fourth-order valence-electron chi connectivity index (χ4n) is 1.11. The summed E-state index contributed by atoms with van der Waals surface area (Å²) in [7, 11) is 0. The van der Waals surface area contributed by atoms with Gasteiger partial charge in [-0.15, -0.1) is 0 Å². The summed E-state index contributed by atoms with van der Waals surface area (Å²) < 4.78 is 31.3. The Balaban J connectivity index is 2.93. The lowest BCUT2D eigenvalue weighted by Gasteiger charge is -2.08. The van der Waals surface area contributed by atoms with Crippen molar-refractivity contribution in [1.29, 1.82) is 0 Å². The third-order valence-corrected chi connectivity index (χ3v) is 2.20. The average molecular weight is 249 g/mol. The van der Waals surface area contributed by atoms with E-state index in [4.69, 9.17) is 16.3 Å². The van der Waals surface area contributed by atoms with Gasteiger partial charge < -0.3 is 4.74 Å². The Hall–Kier alpha value is -1.16. The first-order valence-corrected chi connectivity index (χ1v) is 5.25. The molecule has 0 spiro atoms. The van der Waals surface area contributed by atoms with E-state index in [0.717, 1.165) is 25.0 Å². The number of rotatable bonds is 5. The SMILES string of the molecule is CCCCOc1cc(C(=O)Cl)cc(F)c1F. The molecule has 0 saturated heterocycles. The lowest BCUT2D eigenvalue weighted by molar-refractivity contribution is 0.108. The van der Waals surface area contributed by atoms with E-state index in [1.165, 1.54) is 0 Å². The molecular weight excluding hydrogens is 238 g/mol. The molecule has 0 radical (unpaired) electrons. The van der Waals surface area contributed by atoms with Crippen LogP contribution in [0.5, 0.6) is 5.75 Å². The van der Waals surface area contributed by atoms with Crippen molar-refractivity contribution in [3.05, 3.63) is 29.3 Å². The van der Waals surface area contributed by atoms with Crippen molar-refractivity contribution in [3.8, 4) is 5.75 Å². The molecule has 0 aliphatic carbocycles. The molecule has 0 atom stereocenters. The Morgan fingerprint density at radius 1 is 1.44 bits per heavy atom. The van der Waals surface area contributed by atoms with Gasteiger partial charge in [0.2, 0.25) is 5.82 Å². The molecule has 1 rings (SSSR count). The number of hydrogen-bond donors (Lipinski definition) is 0. The second-order valence-corrected chi connectivity index (χ2v) is 3.59.